The lowest BCUT2D eigenvalue weighted by Crippen LogP contribution is -1.92. The van der Waals surface area contributed by atoms with Crippen molar-refractivity contribution in [2.45, 2.75) is 39.5 Å². The molecule has 0 heterocycles. The van der Waals surface area contributed by atoms with Crippen LogP contribution < -0.4 is 0 Å². The average Bonchev–Trinajstić information content (AvgIpc) is 2.51. The lowest BCUT2D eigenvalue weighted by Gasteiger charge is -2.06. The quantitative estimate of drug-likeness (QED) is 0.604. The van der Waals surface area contributed by atoms with Gasteiger partial charge < -0.3 is 0 Å². The fraction of sp³-hybridized carbons (Fsp3) is 0.286. The predicted octanol–water partition coefficient (Wildman–Crippen LogP) is 5.58. The van der Waals surface area contributed by atoms with Gasteiger partial charge in [-0.15, -0.1) is 5.73 Å². The third kappa shape index (κ3) is 5.10. The Hall–Kier alpha value is -2.04. The van der Waals surface area contributed by atoms with Crippen molar-refractivity contribution in [1.29, 1.82) is 0 Å². The SMILES string of the molecule is C=C=C(CCc1ccc(C)cc1)CCc1ccc(C)cc1. The van der Waals surface area contributed by atoms with E-state index in [1.807, 2.05) is 0 Å². The first-order valence-corrected chi connectivity index (χ1v) is 7.66. The molecule has 0 fully saturated rings. The van der Waals surface area contributed by atoms with Gasteiger partial charge in [0.25, 0.3) is 0 Å². The fourth-order valence-electron chi connectivity index (χ4n) is 2.40. The topological polar surface area (TPSA) is 0 Å². The second-order valence-corrected chi connectivity index (χ2v) is 5.75. The Morgan fingerprint density at radius 2 is 1.14 bits per heavy atom. The Labute approximate surface area is 128 Å². The first-order valence-electron chi connectivity index (χ1n) is 7.66. The zero-order valence-corrected chi connectivity index (χ0v) is 13.2. The third-order valence-electron chi connectivity index (χ3n) is 3.92. The van der Waals surface area contributed by atoms with Crippen LogP contribution in [0.4, 0.5) is 0 Å². The lowest BCUT2D eigenvalue weighted by atomic mass is 9.98. The summed E-state index contributed by atoms with van der Waals surface area (Å²) >= 11 is 0. The molecule has 21 heavy (non-hydrogen) atoms. The molecule has 0 aromatic heterocycles. The Morgan fingerprint density at radius 3 is 1.48 bits per heavy atom. The highest BCUT2D eigenvalue weighted by atomic mass is 14.1. The van der Waals surface area contributed by atoms with Crippen LogP contribution in [-0.2, 0) is 12.8 Å². The zero-order valence-electron chi connectivity index (χ0n) is 13.2. The summed E-state index contributed by atoms with van der Waals surface area (Å²) in [6.07, 6.45) is 4.26. The van der Waals surface area contributed by atoms with Crippen LogP contribution in [-0.4, -0.2) is 0 Å². The van der Waals surface area contributed by atoms with Crippen molar-refractivity contribution < 1.29 is 0 Å². The van der Waals surface area contributed by atoms with Crippen LogP contribution in [0.5, 0.6) is 0 Å². The highest BCUT2D eigenvalue weighted by Crippen LogP contribution is 2.15. The summed E-state index contributed by atoms with van der Waals surface area (Å²) in [6, 6.07) is 17.6. The van der Waals surface area contributed by atoms with Crippen molar-refractivity contribution in [2.24, 2.45) is 0 Å². The largest absolute Gasteiger partial charge is 0.130 e. The highest BCUT2D eigenvalue weighted by molar-refractivity contribution is 5.24. The van der Waals surface area contributed by atoms with Crippen molar-refractivity contribution in [3.63, 3.8) is 0 Å². The summed E-state index contributed by atoms with van der Waals surface area (Å²) in [5.74, 6) is 0. The van der Waals surface area contributed by atoms with E-state index in [1.165, 1.54) is 27.8 Å². The standard InChI is InChI=1S/C21H24/c1-4-19(13-15-20-9-5-17(2)6-10-20)14-16-21-11-7-18(3)8-12-21/h5-12H,1,13-16H2,2-3H3. The number of rotatable bonds is 6. The van der Waals surface area contributed by atoms with E-state index in [9.17, 15) is 0 Å². The maximum Gasteiger partial charge on any atom is -0.0203 e. The molecule has 0 amide bonds. The van der Waals surface area contributed by atoms with Crippen LogP contribution in [0.15, 0.2) is 66.4 Å². The summed E-state index contributed by atoms with van der Waals surface area (Å²) in [4.78, 5) is 0. The molecule has 0 saturated carbocycles. The van der Waals surface area contributed by atoms with E-state index in [2.05, 4.69) is 74.7 Å². The molecule has 0 radical (unpaired) electrons. The first kappa shape index (κ1) is 15.4. The summed E-state index contributed by atoms with van der Waals surface area (Å²) in [5.41, 5.74) is 9.88. The molecular weight excluding hydrogens is 252 g/mol. The fourth-order valence-corrected chi connectivity index (χ4v) is 2.40. The monoisotopic (exact) mass is 276 g/mol. The van der Waals surface area contributed by atoms with E-state index in [-0.39, 0.29) is 0 Å². The van der Waals surface area contributed by atoms with Gasteiger partial charge in [-0.25, -0.2) is 0 Å². The van der Waals surface area contributed by atoms with Crippen molar-refractivity contribution in [3.05, 3.63) is 88.7 Å². The molecule has 0 nitrogen and oxygen atoms in total. The van der Waals surface area contributed by atoms with E-state index in [4.69, 9.17) is 0 Å². The second kappa shape index (κ2) is 7.67. The van der Waals surface area contributed by atoms with E-state index in [0.29, 0.717) is 0 Å². The normalized spacial score (nSPS) is 10.2. The van der Waals surface area contributed by atoms with Gasteiger partial charge in [0.15, 0.2) is 0 Å². The van der Waals surface area contributed by atoms with Crippen LogP contribution in [0, 0.1) is 13.8 Å². The van der Waals surface area contributed by atoms with Crippen LogP contribution in [0.25, 0.3) is 0 Å². The van der Waals surface area contributed by atoms with Crippen molar-refractivity contribution in [1.82, 2.24) is 0 Å². The molecule has 108 valence electrons. The molecule has 0 N–H and O–H groups in total. The molecule has 0 unspecified atom stereocenters. The summed E-state index contributed by atoms with van der Waals surface area (Å²) in [6.45, 7) is 8.10. The molecule has 2 aromatic rings. The van der Waals surface area contributed by atoms with Gasteiger partial charge in [-0.2, -0.15) is 0 Å². The Morgan fingerprint density at radius 1 is 0.762 bits per heavy atom. The number of allylic oxidation sites excluding steroid dienone is 1. The summed E-state index contributed by atoms with van der Waals surface area (Å²) < 4.78 is 0. The summed E-state index contributed by atoms with van der Waals surface area (Å²) in [7, 11) is 0. The minimum Gasteiger partial charge on any atom is -0.130 e. The van der Waals surface area contributed by atoms with E-state index in [1.54, 1.807) is 0 Å². The van der Waals surface area contributed by atoms with Gasteiger partial charge in [-0.05, 0) is 56.2 Å². The number of hydrogen-bond acceptors (Lipinski definition) is 0. The molecule has 2 aromatic carbocycles. The van der Waals surface area contributed by atoms with Gasteiger partial charge in [0, 0.05) is 0 Å². The maximum atomic E-state index is 3.85. The number of benzene rings is 2. The van der Waals surface area contributed by atoms with Gasteiger partial charge in [0.2, 0.25) is 0 Å². The second-order valence-electron chi connectivity index (χ2n) is 5.75. The van der Waals surface area contributed by atoms with Crippen LogP contribution >= 0.6 is 0 Å². The van der Waals surface area contributed by atoms with Crippen LogP contribution in [0.1, 0.15) is 35.1 Å². The van der Waals surface area contributed by atoms with Crippen molar-refractivity contribution in [2.75, 3.05) is 0 Å². The molecule has 0 saturated heterocycles. The molecular formula is C21H24. The Kier molecular flexibility index (Phi) is 5.60. The minimum atomic E-state index is 1.05. The molecule has 2 rings (SSSR count). The van der Waals surface area contributed by atoms with Crippen molar-refractivity contribution in [3.8, 4) is 0 Å². The average molecular weight is 276 g/mol. The molecule has 0 aliphatic carbocycles. The molecule has 0 aliphatic rings. The molecule has 0 spiro atoms. The van der Waals surface area contributed by atoms with Gasteiger partial charge in [-0.1, -0.05) is 66.2 Å². The van der Waals surface area contributed by atoms with Gasteiger partial charge in [0.05, 0.1) is 0 Å². The van der Waals surface area contributed by atoms with E-state index < -0.39 is 0 Å². The zero-order chi connectivity index (χ0) is 15.1. The maximum absolute atomic E-state index is 3.85. The molecule has 0 heteroatoms. The van der Waals surface area contributed by atoms with Gasteiger partial charge in [-0.3, -0.25) is 0 Å². The molecule has 0 bridgehead atoms. The summed E-state index contributed by atoms with van der Waals surface area (Å²) in [5, 5.41) is 0. The number of hydrogen-bond donors (Lipinski definition) is 0. The first-order chi connectivity index (χ1) is 10.2. The highest BCUT2D eigenvalue weighted by Gasteiger charge is 2.01. The Bertz CT molecular complexity index is 557. The molecule has 0 atom stereocenters. The smallest absolute Gasteiger partial charge is 0.0203 e. The van der Waals surface area contributed by atoms with Gasteiger partial charge in [0.1, 0.15) is 0 Å². The minimum absolute atomic E-state index is 1.05. The third-order valence-corrected chi connectivity index (χ3v) is 3.92. The van der Waals surface area contributed by atoms with Gasteiger partial charge >= 0.3 is 0 Å². The Balaban J connectivity index is 1.85. The lowest BCUT2D eigenvalue weighted by molar-refractivity contribution is 0.837. The van der Waals surface area contributed by atoms with Crippen LogP contribution in [0.3, 0.4) is 0 Å². The molecule has 0 aliphatic heterocycles. The van der Waals surface area contributed by atoms with E-state index in [0.717, 1.165) is 25.7 Å². The van der Waals surface area contributed by atoms with E-state index >= 15 is 0 Å². The van der Waals surface area contributed by atoms with Crippen LogP contribution in [0.2, 0.25) is 0 Å². The predicted molar refractivity (Wildman–Crippen MR) is 91.7 cm³/mol. The van der Waals surface area contributed by atoms with Crippen molar-refractivity contribution >= 4 is 0 Å². The number of aryl methyl sites for hydroxylation is 4.